The van der Waals surface area contributed by atoms with E-state index in [1.807, 2.05) is 48.5 Å². The first kappa shape index (κ1) is 16.1. The first-order valence-corrected chi connectivity index (χ1v) is 8.73. The highest BCUT2D eigenvalue weighted by atomic mass is 16.4. The molecule has 1 N–H and O–H groups in total. The number of pyridine rings is 2. The van der Waals surface area contributed by atoms with Crippen molar-refractivity contribution in [1.29, 1.82) is 0 Å². The van der Waals surface area contributed by atoms with Gasteiger partial charge in [-0.2, -0.15) is 0 Å². The molecule has 0 unspecified atom stereocenters. The maximum Gasteiger partial charge on any atom is 0.251 e. The van der Waals surface area contributed by atoms with Crippen molar-refractivity contribution >= 4 is 11.0 Å². The summed E-state index contributed by atoms with van der Waals surface area (Å²) >= 11 is 0. The molecule has 0 aliphatic heterocycles. The lowest BCUT2D eigenvalue weighted by molar-refractivity contribution is 0.473. The van der Waals surface area contributed by atoms with E-state index in [0.717, 1.165) is 10.9 Å². The lowest BCUT2D eigenvalue weighted by atomic mass is 10.0. The average Bonchev–Trinajstić information content (AvgIpc) is 3.23. The molecule has 3 heterocycles. The zero-order chi connectivity index (χ0) is 18.9. The fourth-order valence-corrected chi connectivity index (χ4v) is 3.08. The summed E-state index contributed by atoms with van der Waals surface area (Å²) in [7, 11) is 0. The number of para-hydroxylation sites is 1. The second kappa shape index (κ2) is 6.59. The molecule has 0 aliphatic rings. The first-order chi connectivity index (χ1) is 13.8. The molecule has 134 valence electrons. The molecule has 0 bridgehead atoms. The Balaban J connectivity index is 1.71. The highest BCUT2D eigenvalue weighted by molar-refractivity contribution is 5.88. The molecule has 6 nitrogen and oxygen atoms in total. The summed E-state index contributed by atoms with van der Waals surface area (Å²) in [5.41, 5.74) is 3.47. The second-order valence-electron chi connectivity index (χ2n) is 6.23. The number of hydrogen-bond acceptors (Lipinski definition) is 6. The number of aromatic hydroxyl groups is 1. The third-order valence-corrected chi connectivity index (χ3v) is 4.43. The molecule has 5 rings (SSSR count). The molecule has 0 amide bonds. The standard InChI is InChI=1S/C22H14N4O2/c27-18-11-5-4-10-16(18)21-25-26-22(28-21)17-13-15-9-6-12-23-20(15)24-19(17)14-7-2-1-3-8-14/h1-13,27H. The Bertz CT molecular complexity index is 1280. The van der Waals surface area contributed by atoms with Crippen molar-refractivity contribution in [2.45, 2.75) is 0 Å². The van der Waals surface area contributed by atoms with Gasteiger partial charge in [-0.25, -0.2) is 9.97 Å². The summed E-state index contributed by atoms with van der Waals surface area (Å²) in [6.07, 6.45) is 1.72. The number of aromatic nitrogens is 4. The van der Waals surface area contributed by atoms with Gasteiger partial charge >= 0.3 is 0 Å². The lowest BCUT2D eigenvalue weighted by Gasteiger charge is -2.07. The molecular weight excluding hydrogens is 352 g/mol. The molecular formula is C22H14N4O2. The SMILES string of the molecule is Oc1ccccc1-c1nnc(-c2cc3cccnc3nc2-c2ccccc2)o1. The van der Waals surface area contributed by atoms with Crippen molar-refractivity contribution < 1.29 is 9.52 Å². The minimum Gasteiger partial charge on any atom is -0.507 e. The van der Waals surface area contributed by atoms with E-state index in [1.54, 1.807) is 30.5 Å². The van der Waals surface area contributed by atoms with E-state index in [2.05, 4.69) is 15.2 Å². The summed E-state index contributed by atoms with van der Waals surface area (Å²) in [5.74, 6) is 0.663. The predicted octanol–water partition coefficient (Wildman–Crippen LogP) is 4.72. The predicted molar refractivity (Wildman–Crippen MR) is 105 cm³/mol. The molecule has 2 aromatic carbocycles. The van der Waals surface area contributed by atoms with E-state index in [4.69, 9.17) is 9.40 Å². The molecule has 6 heteroatoms. The van der Waals surface area contributed by atoms with Crippen LogP contribution in [-0.4, -0.2) is 25.3 Å². The third kappa shape index (κ3) is 2.77. The average molecular weight is 366 g/mol. The van der Waals surface area contributed by atoms with Crippen LogP contribution in [0.4, 0.5) is 0 Å². The molecule has 28 heavy (non-hydrogen) atoms. The molecule has 5 aromatic rings. The monoisotopic (exact) mass is 366 g/mol. The molecule has 0 aliphatic carbocycles. The largest absolute Gasteiger partial charge is 0.507 e. The minimum atomic E-state index is 0.0850. The van der Waals surface area contributed by atoms with Crippen LogP contribution in [0.1, 0.15) is 0 Å². The van der Waals surface area contributed by atoms with Crippen LogP contribution in [0.25, 0.3) is 45.2 Å². The van der Waals surface area contributed by atoms with E-state index >= 15 is 0 Å². The fourth-order valence-electron chi connectivity index (χ4n) is 3.08. The second-order valence-corrected chi connectivity index (χ2v) is 6.23. The van der Waals surface area contributed by atoms with Gasteiger partial charge < -0.3 is 9.52 Å². The molecule has 0 spiro atoms. The van der Waals surface area contributed by atoms with Gasteiger partial charge in [0.2, 0.25) is 5.89 Å². The Morgan fingerprint density at radius 1 is 0.750 bits per heavy atom. The fraction of sp³-hybridized carbons (Fsp3) is 0. The topological polar surface area (TPSA) is 84.9 Å². The Hall–Kier alpha value is -4.06. The van der Waals surface area contributed by atoms with Gasteiger partial charge in [0.25, 0.3) is 5.89 Å². The summed E-state index contributed by atoms with van der Waals surface area (Å²) in [5, 5.41) is 19.3. The van der Waals surface area contributed by atoms with Gasteiger partial charge in [-0.1, -0.05) is 42.5 Å². The van der Waals surface area contributed by atoms with Crippen LogP contribution in [0.15, 0.2) is 83.4 Å². The van der Waals surface area contributed by atoms with Crippen molar-refractivity contribution in [3.05, 3.63) is 79.0 Å². The molecule has 0 saturated carbocycles. The Morgan fingerprint density at radius 3 is 2.32 bits per heavy atom. The van der Waals surface area contributed by atoms with Crippen molar-refractivity contribution in [3.63, 3.8) is 0 Å². The van der Waals surface area contributed by atoms with E-state index < -0.39 is 0 Å². The summed E-state index contributed by atoms with van der Waals surface area (Å²) < 4.78 is 5.91. The normalized spacial score (nSPS) is 11.0. The van der Waals surface area contributed by atoms with Gasteiger partial charge in [0.1, 0.15) is 5.75 Å². The number of benzene rings is 2. The smallest absolute Gasteiger partial charge is 0.251 e. The number of nitrogens with zero attached hydrogens (tertiary/aromatic N) is 4. The minimum absolute atomic E-state index is 0.0850. The lowest BCUT2D eigenvalue weighted by Crippen LogP contribution is -1.93. The highest BCUT2D eigenvalue weighted by Crippen LogP contribution is 2.35. The summed E-state index contributed by atoms with van der Waals surface area (Å²) in [6.45, 7) is 0. The first-order valence-electron chi connectivity index (χ1n) is 8.73. The number of hydrogen-bond donors (Lipinski definition) is 1. The van der Waals surface area contributed by atoms with E-state index in [1.165, 1.54) is 0 Å². The Morgan fingerprint density at radius 2 is 1.50 bits per heavy atom. The van der Waals surface area contributed by atoms with Crippen LogP contribution in [-0.2, 0) is 0 Å². The molecule has 3 aromatic heterocycles. The molecule has 0 atom stereocenters. The number of rotatable bonds is 3. The van der Waals surface area contributed by atoms with Crippen LogP contribution in [0.3, 0.4) is 0 Å². The van der Waals surface area contributed by atoms with Crippen LogP contribution in [0, 0.1) is 0 Å². The van der Waals surface area contributed by atoms with Gasteiger partial charge in [-0.05, 0) is 30.3 Å². The van der Waals surface area contributed by atoms with Gasteiger partial charge in [-0.3, -0.25) is 0 Å². The molecule has 0 fully saturated rings. The zero-order valence-electron chi connectivity index (χ0n) is 14.6. The number of fused-ring (bicyclic) bond motifs is 1. The van der Waals surface area contributed by atoms with Crippen molar-refractivity contribution in [2.75, 3.05) is 0 Å². The summed E-state index contributed by atoms with van der Waals surface area (Å²) in [4.78, 5) is 9.09. The van der Waals surface area contributed by atoms with Crippen LogP contribution >= 0.6 is 0 Å². The van der Waals surface area contributed by atoms with Gasteiger partial charge in [0, 0.05) is 17.1 Å². The quantitative estimate of drug-likeness (QED) is 0.497. The maximum atomic E-state index is 10.1. The summed E-state index contributed by atoms with van der Waals surface area (Å²) in [6, 6.07) is 22.4. The number of phenols is 1. The Kier molecular flexibility index (Phi) is 3.80. The van der Waals surface area contributed by atoms with Crippen LogP contribution < -0.4 is 0 Å². The highest BCUT2D eigenvalue weighted by Gasteiger charge is 2.19. The van der Waals surface area contributed by atoms with E-state index in [9.17, 15) is 5.11 Å². The van der Waals surface area contributed by atoms with Crippen LogP contribution in [0.5, 0.6) is 5.75 Å². The van der Waals surface area contributed by atoms with Crippen molar-refractivity contribution in [1.82, 2.24) is 20.2 Å². The van der Waals surface area contributed by atoms with Crippen molar-refractivity contribution in [3.8, 4) is 39.9 Å². The molecule has 0 radical (unpaired) electrons. The number of phenolic OH excluding ortho intramolecular Hbond substituents is 1. The zero-order valence-corrected chi connectivity index (χ0v) is 14.6. The Labute approximate surface area is 160 Å². The van der Waals surface area contributed by atoms with Gasteiger partial charge in [0.15, 0.2) is 5.65 Å². The third-order valence-electron chi connectivity index (χ3n) is 4.43. The van der Waals surface area contributed by atoms with Gasteiger partial charge in [-0.15, -0.1) is 10.2 Å². The van der Waals surface area contributed by atoms with Crippen molar-refractivity contribution in [2.24, 2.45) is 0 Å². The molecule has 0 saturated heterocycles. The van der Waals surface area contributed by atoms with Crippen LogP contribution in [0.2, 0.25) is 0 Å². The van der Waals surface area contributed by atoms with E-state index in [0.29, 0.717) is 28.4 Å². The van der Waals surface area contributed by atoms with E-state index in [-0.39, 0.29) is 11.6 Å². The van der Waals surface area contributed by atoms with Gasteiger partial charge in [0.05, 0.1) is 16.8 Å². The maximum absolute atomic E-state index is 10.1.